The van der Waals surface area contributed by atoms with E-state index in [4.69, 9.17) is 4.42 Å². The number of oxazole rings is 1. The van der Waals surface area contributed by atoms with E-state index in [2.05, 4.69) is 25.0 Å². The molecule has 0 saturated carbocycles. The molecule has 2 heterocycles. The summed E-state index contributed by atoms with van der Waals surface area (Å²) in [6.45, 7) is 3.90. The highest BCUT2D eigenvalue weighted by Gasteiger charge is 2.38. The van der Waals surface area contributed by atoms with Gasteiger partial charge in [-0.25, -0.2) is 9.37 Å². The van der Waals surface area contributed by atoms with Gasteiger partial charge < -0.3 is 14.3 Å². The lowest BCUT2D eigenvalue weighted by Gasteiger charge is -2.22. The van der Waals surface area contributed by atoms with Crippen LogP contribution in [-0.4, -0.2) is 27.6 Å². The Labute approximate surface area is 190 Å². The van der Waals surface area contributed by atoms with E-state index in [9.17, 15) is 22.4 Å². The van der Waals surface area contributed by atoms with Crippen LogP contribution in [0.2, 0.25) is 0 Å². The third kappa shape index (κ3) is 4.98. The molecule has 0 aliphatic rings. The van der Waals surface area contributed by atoms with Crippen LogP contribution in [-0.2, 0) is 11.6 Å². The third-order valence-corrected chi connectivity index (χ3v) is 5.03. The first-order valence-electron chi connectivity index (χ1n) is 10.0. The van der Waals surface area contributed by atoms with Gasteiger partial charge in [-0.15, -0.1) is 0 Å². The van der Waals surface area contributed by atoms with E-state index in [1.807, 2.05) is 13.8 Å². The SMILES string of the molecule is CC(C)(CNC(=O)c1cccc(-c2noc(C(F)(F)F)n2)c1)c1coc(-c2ccc(F)cc2)n1. The zero-order valence-electron chi connectivity index (χ0n) is 18.0. The molecule has 0 fully saturated rings. The molecule has 0 unspecified atom stereocenters. The zero-order valence-corrected chi connectivity index (χ0v) is 18.0. The van der Waals surface area contributed by atoms with E-state index < -0.39 is 23.4 Å². The van der Waals surface area contributed by atoms with Gasteiger partial charge >= 0.3 is 12.1 Å². The van der Waals surface area contributed by atoms with Crippen molar-refractivity contribution in [3.05, 3.63) is 77.8 Å². The number of carbonyl (C=O) groups is 1. The quantitative estimate of drug-likeness (QED) is 0.383. The van der Waals surface area contributed by atoms with Gasteiger partial charge in [0.15, 0.2) is 0 Å². The number of nitrogens with one attached hydrogen (secondary N) is 1. The Morgan fingerprint density at radius 2 is 1.76 bits per heavy atom. The summed E-state index contributed by atoms with van der Waals surface area (Å²) < 4.78 is 61.0. The molecule has 0 aliphatic heterocycles. The molecule has 11 heteroatoms. The van der Waals surface area contributed by atoms with Crippen molar-refractivity contribution in [1.82, 2.24) is 20.4 Å². The Morgan fingerprint density at radius 1 is 1.03 bits per heavy atom. The fourth-order valence-electron chi connectivity index (χ4n) is 3.06. The average molecular weight is 474 g/mol. The fraction of sp³-hybridized carbons (Fsp3) is 0.217. The van der Waals surface area contributed by atoms with E-state index >= 15 is 0 Å². The molecule has 0 atom stereocenters. The van der Waals surface area contributed by atoms with Crippen LogP contribution in [0.3, 0.4) is 0 Å². The van der Waals surface area contributed by atoms with Crippen molar-refractivity contribution in [1.29, 1.82) is 0 Å². The van der Waals surface area contributed by atoms with E-state index in [0.717, 1.165) is 0 Å². The number of rotatable bonds is 6. The monoisotopic (exact) mass is 474 g/mol. The first-order valence-corrected chi connectivity index (χ1v) is 10.0. The minimum Gasteiger partial charge on any atom is -0.444 e. The molecule has 0 spiro atoms. The second kappa shape index (κ2) is 8.73. The Balaban J connectivity index is 1.45. The Hall–Kier alpha value is -4.02. The molecule has 1 N–H and O–H groups in total. The highest BCUT2D eigenvalue weighted by Crippen LogP contribution is 2.30. The smallest absolute Gasteiger partial charge is 0.444 e. The maximum atomic E-state index is 13.1. The van der Waals surface area contributed by atoms with Gasteiger partial charge in [-0.05, 0) is 36.4 Å². The maximum Gasteiger partial charge on any atom is 0.471 e. The molecule has 4 aromatic rings. The molecule has 4 rings (SSSR count). The summed E-state index contributed by atoms with van der Waals surface area (Å²) in [6.07, 6.45) is -3.29. The second-order valence-electron chi connectivity index (χ2n) is 8.11. The number of alkyl halides is 3. The first kappa shape index (κ1) is 23.1. The van der Waals surface area contributed by atoms with Gasteiger partial charge in [-0.1, -0.05) is 31.1 Å². The summed E-state index contributed by atoms with van der Waals surface area (Å²) >= 11 is 0. The number of aromatic nitrogens is 3. The molecule has 176 valence electrons. The molecule has 7 nitrogen and oxygen atoms in total. The Kier molecular flexibility index (Phi) is 5.94. The van der Waals surface area contributed by atoms with Gasteiger partial charge in [0.05, 0.1) is 5.69 Å². The van der Waals surface area contributed by atoms with Crippen LogP contribution in [0.5, 0.6) is 0 Å². The summed E-state index contributed by atoms with van der Waals surface area (Å²) in [5.74, 6) is -2.25. The van der Waals surface area contributed by atoms with Gasteiger partial charge in [-0.2, -0.15) is 18.2 Å². The van der Waals surface area contributed by atoms with Gasteiger partial charge in [0.2, 0.25) is 11.7 Å². The summed E-state index contributed by atoms with van der Waals surface area (Å²) in [4.78, 5) is 20.5. The normalized spacial score (nSPS) is 12.1. The molecule has 0 saturated heterocycles. The molecule has 0 bridgehead atoms. The number of benzene rings is 2. The lowest BCUT2D eigenvalue weighted by Crippen LogP contribution is -2.37. The van der Waals surface area contributed by atoms with Crippen molar-refractivity contribution < 1.29 is 31.3 Å². The van der Waals surface area contributed by atoms with Crippen molar-refractivity contribution in [2.45, 2.75) is 25.4 Å². The second-order valence-corrected chi connectivity index (χ2v) is 8.11. The summed E-state index contributed by atoms with van der Waals surface area (Å²) in [5, 5.41) is 6.12. The first-order chi connectivity index (χ1) is 16.0. The summed E-state index contributed by atoms with van der Waals surface area (Å²) in [5.41, 5.74) is 0.974. The minimum atomic E-state index is -4.76. The van der Waals surface area contributed by atoms with E-state index in [1.165, 1.54) is 42.7 Å². The van der Waals surface area contributed by atoms with E-state index in [0.29, 0.717) is 17.1 Å². The predicted molar refractivity (Wildman–Crippen MR) is 112 cm³/mol. The molecule has 0 radical (unpaired) electrons. The molecule has 2 aromatic carbocycles. The van der Waals surface area contributed by atoms with E-state index in [-0.39, 0.29) is 29.3 Å². The number of hydrogen-bond donors (Lipinski definition) is 1. The van der Waals surface area contributed by atoms with Crippen LogP contribution >= 0.6 is 0 Å². The largest absolute Gasteiger partial charge is 0.471 e. The zero-order chi connectivity index (χ0) is 24.5. The van der Waals surface area contributed by atoms with Gasteiger partial charge in [0.1, 0.15) is 12.1 Å². The Bertz CT molecular complexity index is 1310. The summed E-state index contributed by atoms with van der Waals surface area (Å²) in [7, 11) is 0. The highest BCUT2D eigenvalue weighted by molar-refractivity contribution is 5.95. The third-order valence-electron chi connectivity index (χ3n) is 5.03. The molecule has 34 heavy (non-hydrogen) atoms. The van der Waals surface area contributed by atoms with Crippen LogP contribution in [0, 0.1) is 5.82 Å². The van der Waals surface area contributed by atoms with Crippen LogP contribution in [0.1, 0.15) is 35.8 Å². The topological polar surface area (TPSA) is 94.1 Å². The number of nitrogens with zero attached hydrogens (tertiary/aromatic N) is 3. The molecular formula is C23H18F4N4O3. The molecule has 0 aliphatic carbocycles. The minimum absolute atomic E-state index is 0.186. The number of carbonyl (C=O) groups excluding carboxylic acids is 1. The van der Waals surface area contributed by atoms with Crippen molar-refractivity contribution in [3.63, 3.8) is 0 Å². The van der Waals surface area contributed by atoms with Gasteiger partial charge in [0.25, 0.3) is 5.91 Å². The number of hydrogen-bond acceptors (Lipinski definition) is 6. The van der Waals surface area contributed by atoms with Crippen molar-refractivity contribution >= 4 is 5.91 Å². The maximum absolute atomic E-state index is 13.1. The van der Waals surface area contributed by atoms with Crippen LogP contribution in [0.4, 0.5) is 17.6 Å². The van der Waals surface area contributed by atoms with Crippen molar-refractivity contribution in [2.24, 2.45) is 0 Å². The van der Waals surface area contributed by atoms with E-state index in [1.54, 1.807) is 12.1 Å². The lowest BCUT2D eigenvalue weighted by atomic mass is 9.90. The van der Waals surface area contributed by atoms with Crippen LogP contribution in [0.25, 0.3) is 22.8 Å². The van der Waals surface area contributed by atoms with Crippen LogP contribution < -0.4 is 5.32 Å². The van der Waals surface area contributed by atoms with Crippen molar-refractivity contribution in [3.8, 4) is 22.8 Å². The average Bonchev–Trinajstić information content (AvgIpc) is 3.49. The molecular weight excluding hydrogens is 456 g/mol. The van der Waals surface area contributed by atoms with Crippen LogP contribution in [0.15, 0.2) is 63.7 Å². The Morgan fingerprint density at radius 3 is 2.44 bits per heavy atom. The van der Waals surface area contributed by atoms with Gasteiger partial charge in [-0.3, -0.25) is 4.79 Å². The summed E-state index contributed by atoms with van der Waals surface area (Å²) in [6, 6.07) is 11.6. The predicted octanol–water partition coefficient (Wildman–Crippen LogP) is 5.26. The highest BCUT2D eigenvalue weighted by atomic mass is 19.4. The van der Waals surface area contributed by atoms with Crippen molar-refractivity contribution in [2.75, 3.05) is 6.54 Å². The fourth-order valence-corrected chi connectivity index (χ4v) is 3.06. The number of halogens is 4. The van der Waals surface area contributed by atoms with Gasteiger partial charge in [0, 0.05) is 28.7 Å². The standard InChI is InChI=1S/C23H18F4N4O3/c1-22(2,17-11-33-20(29-17)13-6-8-16(24)9-7-13)12-28-19(32)15-5-3-4-14(10-15)18-30-21(34-31-18)23(25,26)27/h3-11H,12H2,1-2H3,(H,28,32). The molecule has 1 amide bonds. The number of amides is 1. The lowest BCUT2D eigenvalue weighted by molar-refractivity contribution is -0.159. The molecule has 2 aromatic heterocycles.